The molecule has 56 heavy (non-hydrogen) atoms. The second-order valence-electron chi connectivity index (χ2n) is 15.5. The van der Waals surface area contributed by atoms with Crippen LogP contribution in [0.15, 0.2) is 154 Å². The summed E-state index contributed by atoms with van der Waals surface area (Å²) in [6, 6.07) is 51.6. The number of hydrogen-bond donors (Lipinski definition) is 0. The average molecular weight is 714 g/mol. The number of para-hydroxylation sites is 5. The molecule has 8 aromatic carbocycles. The van der Waals surface area contributed by atoms with Gasteiger partial charge in [0.25, 0.3) is 13.4 Å². The smallest absolute Gasteiger partial charge is 0.261 e. The van der Waals surface area contributed by atoms with Crippen molar-refractivity contribution in [2.75, 3.05) is 9.80 Å². The minimum atomic E-state index is -0.169. The van der Waals surface area contributed by atoms with Gasteiger partial charge in [0.1, 0.15) is 45.3 Å². The number of benzene rings is 8. The molecule has 6 nitrogen and oxygen atoms in total. The van der Waals surface area contributed by atoms with Gasteiger partial charge >= 0.3 is 0 Å². The fourth-order valence-corrected chi connectivity index (χ4v) is 10.8. The Bertz CT molecular complexity index is 3280. The van der Waals surface area contributed by atoms with E-state index in [1.54, 1.807) is 0 Å². The summed E-state index contributed by atoms with van der Waals surface area (Å²) in [4.78, 5) is 4.97. The van der Waals surface area contributed by atoms with Crippen LogP contribution >= 0.6 is 0 Å². The van der Waals surface area contributed by atoms with E-state index < -0.39 is 0 Å². The van der Waals surface area contributed by atoms with E-state index in [1.165, 1.54) is 22.3 Å². The van der Waals surface area contributed by atoms with Crippen molar-refractivity contribution < 1.29 is 18.3 Å². The molecule has 0 saturated carbocycles. The van der Waals surface area contributed by atoms with E-state index in [4.69, 9.17) is 18.3 Å². The predicted molar refractivity (Wildman–Crippen MR) is 226 cm³/mol. The highest BCUT2D eigenvalue weighted by atomic mass is 16.5. The lowest BCUT2D eigenvalue weighted by atomic mass is 9.29. The van der Waals surface area contributed by atoms with Crippen LogP contribution in [0, 0.1) is 0 Å². The van der Waals surface area contributed by atoms with Gasteiger partial charge in [-0.05, 0) is 82.5 Å². The number of furan rings is 2. The summed E-state index contributed by atoms with van der Waals surface area (Å²) in [5.41, 5.74) is 17.1. The molecule has 0 fully saturated rings. The summed E-state index contributed by atoms with van der Waals surface area (Å²) in [7, 11) is 0. The summed E-state index contributed by atoms with van der Waals surface area (Å²) in [6.45, 7) is -0.337. The first-order valence-corrected chi connectivity index (χ1v) is 19.2. The third kappa shape index (κ3) is 3.12. The SMILES string of the molecule is c1ccc(N2c3cccc4c3N3c5c(cccc52)B2c5c(cc6c(c53)B4c3c(ccc4c3oc3ccccc34)O6)Oc3ccc4c(oc5ccccc54)c32)cc1. The molecular formula is C48H24B2N2O4. The Morgan fingerprint density at radius 1 is 0.375 bits per heavy atom. The first-order chi connectivity index (χ1) is 27.8. The molecule has 0 amide bonds. The molecule has 0 unspecified atom stereocenters. The molecule has 5 aliphatic rings. The van der Waals surface area contributed by atoms with Gasteiger partial charge in [-0.1, -0.05) is 78.9 Å². The number of hydrogen-bond acceptors (Lipinski definition) is 6. The van der Waals surface area contributed by atoms with Gasteiger partial charge in [-0.2, -0.15) is 0 Å². The second kappa shape index (κ2) is 9.49. The normalized spacial score (nSPS) is 14.6. The quantitative estimate of drug-likeness (QED) is 0.159. The van der Waals surface area contributed by atoms with Gasteiger partial charge in [0.2, 0.25) is 0 Å². The Balaban J connectivity index is 1.12. The van der Waals surface area contributed by atoms with Crippen LogP contribution < -0.4 is 52.1 Å². The molecule has 5 aliphatic heterocycles. The van der Waals surface area contributed by atoms with Crippen LogP contribution in [0.5, 0.6) is 23.0 Å². The molecule has 0 N–H and O–H groups in total. The fraction of sp³-hybridized carbons (Fsp3) is 0. The molecule has 2 aromatic heterocycles. The Morgan fingerprint density at radius 3 is 1.45 bits per heavy atom. The van der Waals surface area contributed by atoms with Crippen molar-refractivity contribution in [2.24, 2.45) is 0 Å². The summed E-state index contributed by atoms with van der Waals surface area (Å²) in [6.07, 6.45) is 0. The Hall–Kier alpha value is -7.31. The minimum Gasteiger partial charge on any atom is -0.458 e. The van der Waals surface area contributed by atoms with E-state index in [2.05, 4.69) is 143 Å². The predicted octanol–water partition coefficient (Wildman–Crippen LogP) is 8.61. The molecule has 0 radical (unpaired) electrons. The van der Waals surface area contributed by atoms with Crippen molar-refractivity contribution in [3.05, 3.63) is 146 Å². The molecule has 0 spiro atoms. The first kappa shape index (κ1) is 28.2. The lowest BCUT2D eigenvalue weighted by molar-refractivity contribution is 0.465. The summed E-state index contributed by atoms with van der Waals surface area (Å²) >= 11 is 0. The Morgan fingerprint density at radius 2 is 0.893 bits per heavy atom. The molecule has 0 saturated heterocycles. The minimum absolute atomic E-state index is 0.169. The van der Waals surface area contributed by atoms with E-state index in [0.29, 0.717) is 0 Å². The van der Waals surface area contributed by atoms with Crippen molar-refractivity contribution in [1.82, 2.24) is 0 Å². The standard InChI is InChI=1S/C48H24B2N2O4/c1-2-10-25(11-3-1)51-32-16-8-14-30-44(32)52-45-31(15-9-17-33(45)51)50-41-39(54-37-23-21-29-27-13-5-7-19-35(27)56-48(29)43(37)50)24-38-40(46(41)52)49(30)42-36(53-38)22-20-28-26-12-4-6-18-34(26)55-47(28)42/h1-24H. The van der Waals surface area contributed by atoms with E-state index in [-0.39, 0.29) is 13.4 Å². The van der Waals surface area contributed by atoms with E-state index in [9.17, 15) is 0 Å². The summed E-state index contributed by atoms with van der Waals surface area (Å²) in [5.74, 6) is 3.22. The van der Waals surface area contributed by atoms with Gasteiger partial charge in [-0.15, -0.1) is 0 Å². The maximum atomic E-state index is 7.04. The van der Waals surface area contributed by atoms with Crippen molar-refractivity contribution >= 4 is 124 Å². The highest BCUT2D eigenvalue weighted by molar-refractivity contribution is 7.05. The Labute approximate surface area is 319 Å². The highest BCUT2D eigenvalue weighted by Crippen LogP contribution is 2.57. The van der Waals surface area contributed by atoms with Gasteiger partial charge in [0.05, 0.1) is 22.7 Å². The summed E-state index contributed by atoms with van der Waals surface area (Å²) < 4.78 is 27.7. The number of fused-ring (bicyclic) bond motifs is 14. The topological polar surface area (TPSA) is 51.2 Å². The van der Waals surface area contributed by atoms with Crippen molar-refractivity contribution in [3.8, 4) is 23.0 Å². The van der Waals surface area contributed by atoms with Crippen LogP contribution in [0.1, 0.15) is 0 Å². The lowest BCUT2D eigenvalue weighted by Gasteiger charge is -2.51. The van der Waals surface area contributed by atoms with Crippen LogP contribution in [0.25, 0.3) is 43.9 Å². The van der Waals surface area contributed by atoms with Crippen LogP contribution in [0.2, 0.25) is 0 Å². The summed E-state index contributed by atoms with van der Waals surface area (Å²) in [5, 5.41) is 4.38. The van der Waals surface area contributed by atoms with Crippen molar-refractivity contribution in [1.29, 1.82) is 0 Å². The zero-order chi connectivity index (χ0) is 36.0. The second-order valence-corrected chi connectivity index (χ2v) is 15.5. The largest absolute Gasteiger partial charge is 0.458 e. The first-order valence-electron chi connectivity index (χ1n) is 19.2. The van der Waals surface area contributed by atoms with E-state index in [0.717, 1.165) is 111 Å². The maximum Gasteiger partial charge on any atom is 0.261 e. The number of rotatable bonds is 1. The van der Waals surface area contributed by atoms with Gasteiger partial charge in [0.15, 0.2) is 0 Å². The molecular weight excluding hydrogens is 690 g/mol. The lowest BCUT2D eigenvalue weighted by Crippen LogP contribution is -2.67. The molecule has 15 rings (SSSR count). The van der Waals surface area contributed by atoms with E-state index >= 15 is 0 Å². The van der Waals surface area contributed by atoms with Crippen molar-refractivity contribution in [2.45, 2.75) is 0 Å². The van der Waals surface area contributed by atoms with Crippen LogP contribution in [0.3, 0.4) is 0 Å². The fourth-order valence-electron chi connectivity index (χ4n) is 10.8. The molecule has 8 heteroatoms. The zero-order valence-corrected chi connectivity index (χ0v) is 29.5. The zero-order valence-electron chi connectivity index (χ0n) is 29.5. The van der Waals surface area contributed by atoms with Gasteiger partial charge in [-0.3, -0.25) is 0 Å². The highest BCUT2D eigenvalue weighted by Gasteiger charge is 2.54. The van der Waals surface area contributed by atoms with Crippen molar-refractivity contribution in [3.63, 3.8) is 0 Å². The van der Waals surface area contributed by atoms with Crippen LogP contribution in [-0.4, -0.2) is 13.4 Å². The molecule has 10 aromatic rings. The van der Waals surface area contributed by atoms with E-state index in [1.807, 2.05) is 12.1 Å². The van der Waals surface area contributed by atoms with Crippen LogP contribution in [0.4, 0.5) is 34.1 Å². The Kier molecular flexibility index (Phi) is 4.77. The monoisotopic (exact) mass is 714 g/mol. The molecule has 256 valence electrons. The molecule has 7 heterocycles. The third-order valence-corrected chi connectivity index (χ3v) is 12.9. The van der Waals surface area contributed by atoms with Gasteiger partial charge in [0, 0.05) is 49.9 Å². The number of nitrogens with zero attached hydrogens (tertiary/aromatic N) is 2. The maximum absolute atomic E-state index is 7.04. The van der Waals surface area contributed by atoms with Gasteiger partial charge < -0.3 is 28.1 Å². The average Bonchev–Trinajstić information content (AvgIpc) is 3.82. The van der Waals surface area contributed by atoms with Gasteiger partial charge in [-0.25, -0.2) is 0 Å². The third-order valence-electron chi connectivity index (χ3n) is 12.9. The molecule has 0 atom stereocenters. The molecule has 0 bridgehead atoms. The number of anilines is 6. The molecule has 0 aliphatic carbocycles. The van der Waals surface area contributed by atoms with Crippen LogP contribution in [-0.2, 0) is 0 Å². The number of ether oxygens (including phenoxy) is 2.